The summed E-state index contributed by atoms with van der Waals surface area (Å²) in [5, 5.41) is 9.24. The quantitative estimate of drug-likeness (QED) is 0.249. The lowest BCUT2D eigenvalue weighted by molar-refractivity contribution is -0.132. The van der Waals surface area contributed by atoms with Gasteiger partial charge in [-0.1, -0.05) is 6.08 Å². The maximum absolute atomic E-state index is 11.3. The summed E-state index contributed by atoms with van der Waals surface area (Å²) >= 11 is 0. The van der Waals surface area contributed by atoms with Gasteiger partial charge in [-0.25, -0.2) is 4.79 Å². The van der Waals surface area contributed by atoms with Gasteiger partial charge in [-0.2, -0.15) is 0 Å². The van der Waals surface area contributed by atoms with Gasteiger partial charge in [-0.15, -0.1) is 0 Å². The van der Waals surface area contributed by atoms with Gasteiger partial charge in [0.2, 0.25) is 0 Å². The van der Waals surface area contributed by atoms with Crippen LogP contribution in [0.1, 0.15) is 19.8 Å². The first-order valence-corrected chi connectivity index (χ1v) is 14.2. The van der Waals surface area contributed by atoms with Crippen LogP contribution < -0.4 is 0 Å². The lowest BCUT2D eigenvalue weighted by Gasteiger charge is -2.53. The van der Waals surface area contributed by atoms with Crippen molar-refractivity contribution >= 4 is 32.4 Å². The van der Waals surface area contributed by atoms with Crippen LogP contribution in [0.4, 0.5) is 0 Å². The van der Waals surface area contributed by atoms with E-state index >= 15 is 0 Å². The Morgan fingerprint density at radius 1 is 0.700 bits per heavy atom. The molecule has 0 heterocycles. The Morgan fingerprint density at radius 3 is 1.17 bits per heavy atom. The minimum atomic E-state index is -3.80. The molecule has 1 N–H and O–H groups in total. The number of hydrogen-bond acceptors (Lipinski definition) is 10. The summed E-state index contributed by atoms with van der Waals surface area (Å²) in [5.41, 5.74) is 0.169. The smallest absolute Gasteiger partial charge is 0.478 e. The number of carboxylic acid groups (broad SMARTS) is 1. The van der Waals surface area contributed by atoms with E-state index in [4.69, 9.17) is 39.8 Å². The molecule has 0 atom stereocenters. The van der Waals surface area contributed by atoms with Gasteiger partial charge in [0.25, 0.3) is 0 Å². The monoisotopic (exact) mass is 488 g/mol. The van der Waals surface area contributed by atoms with Gasteiger partial charge in [0, 0.05) is 69.6 Å². The first kappa shape index (κ1) is 29.5. The van der Waals surface area contributed by atoms with Gasteiger partial charge in [-0.3, -0.25) is 0 Å². The summed E-state index contributed by atoms with van der Waals surface area (Å²) in [6.45, 7) is 1.50. The van der Waals surface area contributed by atoms with Crippen molar-refractivity contribution in [3.63, 3.8) is 0 Å². The number of rotatable bonds is 16. The molecule has 0 aromatic heterocycles. The average Bonchev–Trinajstić information content (AvgIpc) is 2.77. The summed E-state index contributed by atoms with van der Waals surface area (Å²) in [5.74, 6) is -1.03. The third-order valence-corrected chi connectivity index (χ3v) is 19.5. The van der Waals surface area contributed by atoms with E-state index in [-0.39, 0.29) is 18.4 Å². The fraction of sp³-hybridized carbons (Fsp3) is 0.812. The number of hydrogen-bond donors (Lipinski definition) is 1. The zero-order chi connectivity index (χ0) is 23.6. The lowest BCUT2D eigenvalue weighted by atomic mass is 10.2. The van der Waals surface area contributed by atoms with Crippen LogP contribution in [0.5, 0.6) is 0 Å². The zero-order valence-corrected chi connectivity index (χ0v) is 22.5. The van der Waals surface area contributed by atoms with E-state index < -0.39 is 36.7 Å². The molecule has 0 saturated carbocycles. The topological polar surface area (TPSA) is 120 Å². The summed E-state index contributed by atoms with van der Waals surface area (Å²) in [7, 11) is 1.55. The Labute approximate surface area is 182 Å². The molecular weight excluding hydrogens is 452 g/mol. The Morgan fingerprint density at radius 2 is 0.967 bits per heavy atom. The molecule has 0 bridgehead atoms. The molecule has 0 unspecified atom stereocenters. The van der Waals surface area contributed by atoms with Gasteiger partial charge < -0.3 is 44.9 Å². The molecule has 0 aliphatic heterocycles. The molecule has 0 amide bonds. The molecule has 0 spiro atoms. The van der Waals surface area contributed by atoms with E-state index in [2.05, 4.69) is 0 Å². The van der Waals surface area contributed by atoms with Crippen molar-refractivity contribution in [1.82, 2.24) is 0 Å². The largest absolute Gasteiger partial charge is 0.515 e. The van der Waals surface area contributed by atoms with Crippen molar-refractivity contribution in [3.8, 4) is 0 Å². The van der Waals surface area contributed by atoms with Crippen LogP contribution in [-0.2, 0) is 44.6 Å². The molecule has 0 aromatic rings. The summed E-state index contributed by atoms with van der Waals surface area (Å²) in [6.07, 6.45) is 1.97. The van der Waals surface area contributed by atoms with Crippen LogP contribution in [0.3, 0.4) is 0 Å². The van der Waals surface area contributed by atoms with E-state index in [1.807, 2.05) is 0 Å². The van der Waals surface area contributed by atoms with Crippen LogP contribution in [0.15, 0.2) is 11.6 Å². The molecule has 14 heteroatoms. The van der Waals surface area contributed by atoms with Crippen LogP contribution in [0.2, 0.25) is 4.28 Å². The summed E-state index contributed by atoms with van der Waals surface area (Å²) in [6, 6.07) is 0. The van der Waals surface area contributed by atoms with E-state index in [0.29, 0.717) is 0 Å². The molecule has 0 rings (SSSR count). The molecule has 178 valence electrons. The molecule has 30 heavy (non-hydrogen) atoms. The van der Waals surface area contributed by atoms with Gasteiger partial charge in [0.05, 0.1) is 0 Å². The molecule has 0 aliphatic carbocycles. The molecular formula is C16H36O11Si3. The van der Waals surface area contributed by atoms with E-state index in [1.54, 1.807) is 6.08 Å². The minimum Gasteiger partial charge on any atom is -0.478 e. The highest BCUT2D eigenvalue weighted by molar-refractivity contribution is 7.02. The predicted octanol–water partition coefficient (Wildman–Crippen LogP) is 1.25. The highest BCUT2D eigenvalue weighted by Gasteiger charge is 2.88. The molecule has 0 saturated heterocycles. The molecule has 0 fully saturated rings. The Bertz CT molecular complexity index is 486. The zero-order valence-electron chi connectivity index (χ0n) is 19.5. The number of allylic oxidation sites excluding steroid dienone is 1. The van der Waals surface area contributed by atoms with Gasteiger partial charge in [0.1, 0.15) is 0 Å². The van der Waals surface area contributed by atoms with Crippen molar-refractivity contribution in [2.24, 2.45) is 0 Å². The highest BCUT2D eigenvalue weighted by Crippen LogP contribution is 2.58. The van der Waals surface area contributed by atoms with Gasteiger partial charge in [0.15, 0.2) is 4.28 Å². The molecule has 0 aliphatic rings. The van der Waals surface area contributed by atoms with Crippen LogP contribution in [-0.4, -0.2) is 101 Å². The Kier molecular flexibility index (Phi) is 12.3. The van der Waals surface area contributed by atoms with E-state index in [9.17, 15) is 9.90 Å². The lowest BCUT2D eigenvalue weighted by Crippen LogP contribution is -2.80. The fourth-order valence-electron chi connectivity index (χ4n) is 3.93. The maximum Gasteiger partial charge on any atom is 0.515 e. The maximum atomic E-state index is 11.3. The molecule has 11 nitrogen and oxygen atoms in total. The second-order valence-corrected chi connectivity index (χ2v) is 17.2. The van der Waals surface area contributed by atoms with Gasteiger partial charge in [-0.05, 0) is 19.8 Å². The predicted molar refractivity (Wildman–Crippen MR) is 114 cm³/mol. The first-order chi connectivity index (χ1) is 14.1. The van der Waals surface area contributed by atoms with Crippen molar-refractivity contribution < 1.29 is 49.7 Å². The molecule has 0 radical (unpaired) electrons. The number of aliphatic carboxylic acids is 1. The van der Waals surface area contributed by atoms with Crippen molar-refractivity contribution in [1.29, 1.82) is 0 Å². The van der Waals surface area contributed by atoms with Crippen molar-refractivity contribution in [2.45, 2.75) is 24.1 Å². The number of carbonyl (C=O) groups is 1. The van der Waals surface area contributed by atoms with E-state index in [0.717, 1.165) is 0 Å². The minimum absolute atomic E-state index is 0.156. The Balaban J connectivity index is 7.33. The summed E-state index contributed by atoms with van der Waals surface area (Å²) < 4.78 is 51.5. The molecule has 0 aromatic carbocycles. The second kappa shape index (κ2) is 12.5. The van der Waals surface area contributed by atoms with Crippen molar-refractivity contribution in [2.75, 3.05) is 64.0 Å². The van der Waals surface area contributed by atoms with Crippen molar-refractivity contribution in [3.05, 3.63) is 11.6 Å². The fourth-order valence-corrected chi connectivity index (χ4v) is 19.9. The van der Waals surface area contributed by atoms with Crippen LogP contribution in [0.25, 0.3) is 0 Å². The normalized spacial score (nSPS) is 14.3. The van der Waals surface area contributed by atoms with Crippen LogP contribution >= 0.6 is 0 Å². The van der Waals surface area contributed by atoms with E-state index in [1.165, 1.54) is 70.9 Å². The first-order valence-electron chi connectivity index (χ1n) is 8.99. The second-order valence-electron chi connectivity index (χ2n) is 6.14. The SMILES string of the molecule is CO[Si](OC)(OC)C(CCC=C(C)C(=O)O)([Si](OC)(OC)OC)[Si](OC)(OC)OC. The third-order valence-electron chi connectivity index (χ3n) is 5.29. The third kappa shape index (κ3) is 4.64. The van der Waals surface area contributed by atoms with Gasteiger partial charge >= 0.3 is 32.4 Å². The Hall–Kier alpha value is -0.499. The standard InChI is InChI=1S/C16H36O11Si3/c1-14(15(17)18)12-11-13-16(28(19-2,20-3)21-4,29(22-5,23-6)24-7)30(25-8,26-9)27-10/h12H,11,13H2,1-10H3,(H,17,18). The van der Waals surface area contributed by atoms with Crippen LogP contribution in [0, 0.1) is 0 Å². The summed E-state index contributed by atoms with van der Waals surface area (Å²) in [4.78, 5) is 11.3. The average molecular weight is 489 g/mol. The number of carboxylic acids is 1. The highest BCUT2D eigenvalue weighted by atomic mass is 28.5.